The lowest BCUT2D eigenvalue weighted by Gasteiger charge is -2.12. The Labute approximate surface area is 159 Å². The third-order valence-corrected chi connectivity index (χ3v) is 4.39. The first kappa shape index (κ1) is 17.1. The molecule has 0 atom stereocenters. The molecule has 0 saturated heterocycles. The van der Waals surface area contributed by atoms with E-state index in [2.05, 4.69) is 9.97 Å². The van der Waals surface area contributed by atoms with Crippen molar-refractivity contribution in [1.82, 2.24) is 14.5 Å². The van der Waals surface area contributed by atoms with E-state index in [1.165, 1.54) is 10.6 Å². The summed E-state index contributed by atoms with van der Waals surface area (Å²) in [5.41, 5.74) is 1.08. The summed E-state index contributed by atoms with van der Waals surface area (Å²) in [5.74, 6) is -0.0281. The van der Waals surface area contributed by atoms with E-state index in [9.17, 15) is 9.18 Å². The predicted molar refractivity (Wildman–Crippen MR) is 105 cm³/mol. The van der Waals surface area contributed by atoms with Crippen LogP contribution in [0.1, 0.15) is 11.4 Å². The highest BCUT2D eigenvalue weighted by atomic mass is 35.5. The number of pyridine rings is 1. The molecule has 0 fully saturated rings. The summed E-state index contributed by atoms with van der Waals surface area (Å²) in [6, 6.07) is 16.8. The molecular formula is C21H13ClFN3O. The predicted octanol–water partition coefficient (Wildman–Crippen LogP) is 4.74. The molecule has 0 aliphatic carbocycles. The highest BCUT2D eigenvalue weighted by Gasteiger charge is 2.13. The summed E-state index contributed by atoms with van der Waals surface area (Å²) in [4.78, 5) is 21.7. The molecule has 0 radical (unpaired) electrons. The van der Waals surface area contributed by atoms with E-state index in [0.29, 0.717) is 28.0 Å². The van der Waals surface area contributed by atoms with Gasteiger partial charge < -0.3 is 0 Å². The summed E-state index contributed by atoms with van der Waals surface area (Å²) < 4.78 is 15.3. The first-order valence-corrected chi connectivity index (χ1v) is 8.58. The van der Waals surface area contributed by atoms with Crippen molar-refractivity contribution in [1.29, 1.82) is 0 Å². The molecule has 2 heterocycles. The smallest absolute Gasteiger partial charge is 0.266 e. The molecule has 6 heteroatoms. The first-order chi connectivity index (χ1) is 13.1. The van der Waals surface area contributed by atoms with E-state index in [-0.39, 0.29) is 16.5 Å². The van der Waals surface area contributed by atoms with Crippen LogP contribution in [0.3, 0.4) is 0 Å². The molecule has 0 spiro atoms. The van der Waals surface area contributed by atoms with Crippen molar-refractivity contribution >= 4 is 34.7 Å². The SMILES string of the molecule is O=c1c2ccccc2nc(C=Cc2ccccc2F)n1-c1cccnc1Cl. The van der Waals surface area contributed by atoms with E-state index in [1.807, 2.05) is 0 Å². The van der Waals surface area contributed by atoms with Crippen LogP contribution < -0.4 is 5.56 Å². The van der Waals surface area contributed by atoms with Crippen LogP contribution in [-0.2, 0) is 0 Å². The molecule has 0 bridgehead atoms. The zero-order valence-electron chi connectivity index (χ0n) is 14.0. The van der Waals surface area contributed by atoms with Crippen molar-refractivity contribution < 1.29 is 4.39 Å². The molecule has 4 aromatic rings. The number of para-hydroxylation sites is 1. The fourth-order valence-electron chi connectivity index (χ4n) is 2.81. The highest BCUT2D eigenvalue weighted by Crippen LogP contribution is 2.20. The Balaban J connectivity index is 1.99. The second-order valence-corrected chi connectivity index (χ2v) is 6.15. The Morgan fingerprint density at radius 1 is 0.963 bits per heavy atom. The Morgan fingerprint density at radius 3 is 2.56 bits per heavy atom. The molecule has 4 rings (SSSR count). The molecule has 4 nitrogen and oxygen atoms in total. The maximum absolute atomic E-state index is 13.9. The number of halogens is 2. The van der Waals surface area contributed by atoms with Gasteiger partial charge in [-0.3, -0.25) is 9.36 Å². The molecule has 0 aliphatic rings. The number of benzene rings is 2. The molecule has 0 saturated carbocycles. The molecule has 0 aliphatic heterocycles. The van der Waals surface area contributed by atoms with Gasteiger partial charge in [0.25, 0.3) is 5.56 Å². The van der Waals surface area contributed by atoms with E-state index in [0.717, 1.165) is 0 Å². The minimum atomic E-state index is -0.358. The lowest BCUT2D eigenvalue weighted by Crippen LogP contribution is -2.22. The summed E-state index contributed by atoms with van der Waals surface area (Å²) in [6.45, 7) is 0. The average molecular weight is 378 g/mol. The van der Waals surface area contributed by atoms with Crippen molar-refractivity contribution in [2.75, 3.05) is 0 Å². The molecule has 0 N–H and O–H groups in total. The van der Waals surface area contributed by atoms with Crippen molar-refractivity contribution in [3.63, 3.8) is 0 Å². The van der Waals surface area contributed by atoms with Crippen LogP contribution >= 0.6 is 11.6 Å². The van der Waals surface area contributed by atoms with E-state index in [1.54, 1.807) is 72.9 Å². The van der Waals surface area contributed by atoms with Gasteiger partial charge in [-0.1, -0.05) is 41.9 Å². The fourth-order valence-corrected chi connectivity index (χ4v) is 3.02. The molecule has 27 heavy (non-hydrogen) atoms. The summed E-state index contributed by atoms with van der Waals surface area (Å²) in [7, 11) is 0. The zero-order valence-corrected chi connectivity index (χ0v) is 14.8. The van der Waals surface area contributed by atoms with Crippen molar-refractivity contribution in [3.8, 4) is 5.69 Å². The second-order valence-electron chi connectivity index (χ2n) is 5.80. The fraction of sp³-hybridized carbons (Fsp3) is 0. The number of nitrogens with zero attached hydrogens (tertiary/aromatic N) is 3. The summed E-state index contributed by atoms with van der Waals surface area (Å²) >= 11 is 6.21. The molecule has 132 valence electrons. The number of hydrogen-bond acceptors (Lipinski definition) is 3. The van der Waals surface area contributed by atoms with Gasteiger partial charge in [0, 0.05) is 11.8 Å². The quantitative estimate of drug-likeness (QED) is 0.484. The standard InChI is InChI=1S/C21H13ClFN3O/c22-20-18(10-5-13-24-20)26-19(12-11-14-6-1-3-8-16(14)23)25-17-9-4-2-7-15(17)21(26)27/h1-13H. The van der Waals surface area contributed by atoms with Crippen LogP contribution in [0, 0.1) is 5.82 Å². The number of fused-ring (bicyclic) bond motifs is 1. The largest absolute Gasteiger partial charge is 0.268 e. The molecule has 2 aromatic heterocycles. The number of hydrogen-bond donors (Lipinski definition) is 0. The van der Waals surface area contributed by atoms with Crippen LogP contribution in [-0.4, -0.2) is 14.5 Å². The van der Waals surface area contributed by atoms with Crippen LogP contribution in [0.15, 0.2) is 71.7 Å². The maximum Gasteiger partial charge on any atom is 0.266 e. The molecule has 0 unspecified atom stereocenters. The topological polar surface area (TPSA) is 47.8 Å². The van der Waals surface area contributed by atoms with Gasteiger partial charge in [0.1, 0.15) is 11.6 Å². The minimum absolute atomic E-state index is 0.178. The van der Waals surface area contributed by atoms with E-state index in [4.69, 9.17) is 11.6 Å². The van der Waals surface area contributed by atoms with Gasteiger partial charge in [0.05, 0.1) is 16.6 Å². The van der Waals surface area contributed by atoms with Gasteiger partial charge in [0.15, 0.2) is 5.15 Å². The molecule has 0 amide bonds. The van der Waals surface area contributed by atoms with Crippen LogP contribution in [0.4, 0.5) is 4.39 Å². The Morgan fingerprint density at radius 2 is 1.74 bits per heavy atom. The molecule has 2 aromatic carbocycles. The maximum atomic E-state index is 13.9. The Kier molecular flexibility index (Phi) is 4.52. The van der Waals surface area contributed by atoms with Gasteiger partial charge >= 0.3 is 0 Å². The lowest BCUT2D eigenvalue weighted by atomic mass is 10.2. The number of rotatable bonds is 3. The summed E-state index contributed by atoms with van der Waals surface area (Å²) in [5, 5.41) is 0.637. The zero-order chi connectivity index (χ0) is 18.8. The molecular weight excluding hydrogens is 365 g/mol. The highest BCUT2D eigenvalue weighted by molar-refractivity contribution is 6.31. The summed E-state index contributed by atoms with van der Waals surface area (Å²) in [6.07, 6.45) is 4.71. The monoisotopic (exact) mass is 377 g/mol. The van der Waals surface area contributed by atoms with Crippen LogP contribution in [0.25, 0.3) is 28.7 Å². The van der Waals surface area contributed by atoms with Gasteiger partial charge in [-0.05, 0) is 42.5 Å². The van der Waals surface area contributed by atoms with E-state index >= 15 is 0 Å². The third-order valence-electron chi connectivity index (χ3n) is 4.10. The minimum Gasteiger partial charge on any atom is -0.268 e. The van der Waals surface area contributed by atoms with Crippen molar-refractivity contribution in [2.24, 2.45) is 0 Å². The van der Waals surface area contributed by atoms with Gasteiger partial charge in [-0.25, -0.2) is 14.4 Å². The van der Waals surface area contributed by atoms with Gasteiger partial charge in [-0.2, -0.15) is 0 Å². The Bertz CT molecular complexity index is 1230. The normalized spacial score (nSPS) is 11.3. The van der Waals surface area contributed by atoms with Gasteiger partial charge in [-0.15, -0.1) is 0 Å². The van der Waals surface area contributed by atoms with E-state index < -0.39 is 0 Å². The third kappa shape index (κ3) is 3.25. The van der Waals surface area contributed by atoms with Gasteiger partial charge in [0.2, 0.25) is 0 Å². The van der Waals surface area contributed by atoms with Crippen molar-refractivity contribution in [2.45, 2.75) is 0 Å². The number of aromatic nitrogens is 3. The Hall–Kier alpha value is -3.31. The lowest BCUT2D eigenvalue weighted by molar-refractivity contribution is 0.625. The average Bonchev–Trinajstić information content (AvgIpc) is 2.68. The first-order valence-electron chi connectivity index (χ1n) is 8.20. The second kappa shape index (κ2) is 7.13. The van der Waals surface area contributed by atoms with Crippen LogP contribution in [0.2, 0.25) is 5.15 Å². The van der Waals surface area contributed by atoms with Crippen LogP contribution in [0.5, 0.6) is 0 Å². The van der Waals surface area contributed by atoms with Crippen molar-refractivity contribution in [3.05, 3.63) is 99.6 Å².